The molecule has 1 fully saturated rings. The van der Waals surface area contributed by atoms with E-state index in [9.17, 15) is 0 Å². The maximum absolute atomic E-state index is 6.26. The first-order chi connectivity index (χ1) is 8.77. The van der Waals surface area contributed by atoms with Crippen molar-refractivity contribution in [2.75, 3.05) is 11.4 Å². The van der Waals surface area contributed by atoms with E-state index in [1.807, 2.05) is 0 Å². The van der Waals surface area contributed by atoms with Crippen molar-refractivity contribution in [1.29, 1.82) is 0 Å². The number of para-hydroxylation sites is 1. The molecule has 1 heterocycles. The first-order valence-electron chi connectivity index (χ1n) is 7.39. The Balaban J connectivity index is 2.30. The molecular formula is C16H26N2. The number of anilines is 1. The molecule has 2 heteroatoms. The van der Waals surface area contributed by atoms with Crippen molar-refractivity contribution in [3.63, 3.8) is 0 Å². The van der Waals surface area contributed by atoms with Crippen molar-refractivity contribution < 1.29 is 0 Å². The van der Waals surface area contributed by atoms with E-state index in [1.54, 1.807) is 0 Å². The molecule has 1 saturated heterocycles. The summed E-state index contributed by atoms with van der Waals surface area (Å²) in [4.78, 5) is 2.59. The molecule has 0 aliphatic carbocycles. The number of hydrogen-bond acceptors (Lipinski definition) is 2. The number of nitrogens with two attached hydrogens (primary N) is 1. The molecule has 0 spiro atoms. The van der Waals surface area contributed by atoms with Gasteiger partial charge >= 0.3 is 0 Å². The van der Waals surface area contributed by atoms with Crippen molar-refractivity contribution >= 4 is 5.69 Å². The maximum Gasteiger partial charge on any atom is 0.0417 e. The van der Waals surface area contributed by atoms with E-state index in [2.05, 4.69) is 43.0 Å². The molecule has 1 aliphatic heterocycles. The van der Waals surface area contributed by atoms with E-state index in [0.29, 0.717) is 6.04 Å². The fourth-order valence-electron chi connectivity index (χ4n) is 3.02. The Labute approximate surface area is 111 Å². The number of rotatable bonds is 4. The molecule has 0 bridgehead atoms. The molecule has 2 rings (SSSR count). The summed E-state index contributed by atoms with van der Waals surface area (Å²) in [5, 5.41) is 0. The van der Waals surface area contributed by atoms with Gasteiger partial charge in [-0.2, -0.15) is 0 Å². The summed E-state index contributed by atoms with van der Waals surface area (Å²) in [7, 11) is 0. The molecule has 2 N–H and O–H groups in total. The molecule has 0 aromatic heterocycles. The van der Waals surface area contributed by atoms with Gasteiger partial charge in [-0.3, -0.25) is 0 Å². The molecular weight excluding hydrogens is 220 g/mol. The standard InChI is InChI=1S/C16H26N2/c1-3-13-9-7-8-12-18(13)16-11-6-5-10-14(16)15(17)4-2/h5-6,10-11,13,15H,3-4,7-9,12,17H2,1-2H3/t13?,15-/m1/s1. The van der Waals surface area contributed by atoms with Crippen molar-refractivity contribution in [1.82, 2.24) is 0 Å². The second-order valence-electron chi connectivity index (χ2n) is 5.32. The van der Waals surface area contributed by atoms with Crippen LogP contribution in [0.15, 0.2) is 24.3 Å². The third kappa shape index (κ3) is 2.69. The predicted octanol–water partition coefficient (Wildman–Crippen LogP) is 3.87. The average molecular weight is 246 g/mol. The lowest BCUT2D eigenvalue weighted by Gasteiger charge is -2.39. The number of nitrogens with zero attached hydrogens (tertiary/aromatic N) is 1. The topological polar surface area (TPSA) is 29.3 Å². The summed E-state index contributed by atoms with van der Waals surface area (Å²) in [6, 6.07) is 9.57. The molecule has 0 amide bonds. The molecule has 0 radical (unpaired) electrons. The highest BCUT2D eigenvalue weighted by Gasteiger charge is 2.23. The summed E-state index contributed by atoms with van der Waals surface area (Å²) < 4.78 is 0. The van der Waals surface area contributed by atoms with Crippen molar-refractivity contribution in [2.24, 2.45) is 5.73 Å². The van der Waals surface area contributed by atoms with Crippen LogP contribution in [0.3, 0.4) is 0 Å². The molecule has 1 aromatic carbocycles. The van der Waals surface area contributed by atoms with E-state index in [-0.39, 0.29) is 6.04 Å². The number of piperidine rings is 1. The van der Waals surface area contributed by atoms with Crippen LogP contribution in [0.25, 0.3) is 0 Å². The van der Waals surface area contributed by atoms with Gasteiger partial charge in [0.15, 0.2) is 0 Å². The minimum atomic E-state index is 0.167. The summed E-state index contributed by atoms with van der Waals surface area (Å²) >= 11 is 0. The second kappa shape index (κ2) is 6.24. The van der Waals surface area contributed by atoms with Gasteiger partial charge < -0.3 is 10.6 Å². The van der Waals surface area contributed by atoms with Crippen LogP contribution in [0.1, 0.15) is 57.6 Å². The lowest BCUT2D eigenvalue weighted by atomic mass is 9.96. The Bertz CT molecular complexity index is 375. The number of hydrogen-bond donors (Lipinski definition) is 1. The van der Waals surface area contributed by atoms with Gasteiger partial charge in [-0.25, -0.2) is 0 Å². The normalized spacial score (nSPS) is 21.9. The van der Waals surface area contributed by atoms with Crippen molar-refractivity contribution in [2.45, 2.75) is 58.0 Å². The van der Waals surface area contributed by atoms with Gasteiger partial charge in [-0.1, -0.05) is 32.0 Å². The molecule has 1 unspecified atom stereocenters. The average Bonchev–Trinajstić information content (AvgIpc) is 2.46. The lowest BCUT2D eigenvalue weighted by Crippen LogP contribution is -2.40. The summed E-state index contributed by atoms with van der Waals surface area (Å²) in [5.41, 5.74) is 8.96. The highest BCUT2D eigenvalue weighted by atomic mass is 15.2. The van der Waals surface area contributed by atoms with Crippen LogP contribution in [0.4, 0.5) is 5.69 Å². The fourth-order valence-corrected chi connectivity index (χ4v) is 3.02. The zero-order chi connectivity index (χ0) is 13.0. The zero-order valence-corrected chi connectivity index (χ0v) is 11.7. The second-order valence-corrected chi connectivity index (χ2v) is 5.32. The quantitative estimate of drug-likeness (QED) is 0.874. The summed E-state index contributed by atoms with van der Waals surface area (Å²) in [6.45, 7) is 5.65. The molecule has 1 aromatic rings. The Morgan fingerprint density at radius 1 is 1.28 bits per heavy atom. The van der Waals surface area contributed by atoms with Gasteiger partial charge in [0.05, 0.1) is 0 Å². The van der Waals surface area contributed by atoms with Gasteiger partial charge in [0.1, 0.15) is 0 Å². The van der Waals surface area contributed by atoms with Crippen LogP contribution in [-0.4, -0.2) is 12.6 Å². The van der Waals surface area contributed by atoms with Crippen molar-refractivity contribution in [3.05, 3.63) is 29.8 Å². The van der Waals surface area contributed by atoms with Crippen LogP contribution in [0.5, 0.6) is 0 Å². The predicted molar refractivity (Wildman–Crippen MR) is 78.9 cm³/mol. The Kier molecular flexibility index (Phi) is 4.65. The zero-order valence-electron chi connectivity index (χ0n) is 11.7. The van der Waals surface area contributed by atoms with Gasteiger partial charge in [0, 0.05) is 24.3 Å². The minimum absolute atomic E-state index is 0.167. The fraction of sp³-hybridized carbons (Fsp3) is 0.625. The van der Waals surface area contributed by atoms with E-state index >= 15 is 0 Å². The van der Waals surface area contributed by atoms with E-state index < -0.39 is 0 Å². The molecule has 0 saturated carbocycles. The van der Waals surface area contributed by atoms with E-state index in [0.717, 1.165) is 6.42 Å². The first-order valence-corrected chi connectivity index (χ1v) is 7.39. The third-order valence-electron chi connectivity index (χ3n) is 4.18. The van der Waals surface area contributed by atoms with Gasteiger partial charge in [-0.15, -0.1) is 0 Å². The number of benzene rings is 1. The summed E-state index contributed by atoms with van der Waals surface area (Å²) in [6.07, 6.45) is 6.24. The van der Waals surface area contributed by atoms with Gasteiger partial charge in [0.2, 0.25) is 0 Å². The highest BCUT2D eigenvalue weighted by Crippen LogP contribution is 2.32. The highest BCUT2D eigenvalue weighted by molar-refractivity contribution is 5.56. The third-order valence-corrected chi connectivity index (χ3v) is 4.18. The minimum Gasteiger partial charge on any atom is -0.368 e. The SMILES string of the molecule is CCC1CCCCN1c1ccccc1[C@H](N)CC. The Morgan fingerprint density at radius 3 is 2.78 bits per heavy atom. The maximum atomic E-state index is 6.26. The monoisotopic (exact) mass is 246 g/mol. The van der Waals surface area contributed by atoms with Crippen molar-refractivity contribution in [3.8, 4) is 0 Å². The van der Waals surface area contributed by atoms with E-state index in [1.165, 1.54) is 43.5 Å². The Morgan fingerprint density at radius 2 is 2.06 bits per heavy atom. The van der Waals surface area contributed by atoms with Gasteiger partial charge in [-0.05, 0) is 43.7 Å². The molecule has 100 valence electrons. The smallest absolute Gasteiger partial charge is 0.0417 e. The van der Waals surface area contributed by atoms with E-state index in [4.69, 9.17) is 5.73 Å². The van der Waals surface area contributed by atoms with Crippen LogP contribution in [0, 0.1) is 0 Å². The Hall–Kier alpha value is -1.02. The molecule has 1 aliphatic rings. The van der Waals surface area contributed by atoms with Crippen LogP contribution in [0.2, 0.25) is 0 Å². The van der Waals surface area contributed by atoms with Crippen LogP contribution in [-0.2, 0) is 0 Å². The largest absolute Gasteiger partial charge is 0.368 e. The lowest BCUT2D eigenvalue weighted by molar-refractivity contribution is 0.448. The summed E-state index contributed by atoms with van der Waals surface area (Å²) in [5.74, 6) is 0. The van der Waals surface area contributed by atoms with Crippen LogP contribution < -0.4 is 10.6 Å². The van der Waals surface area contributed by atoms with Crippen LogP contribution >= 0.6 is 0 Å². The molecule has 2 nitrogen and oxygen atoms in total. The molecule has 18 heavy (non-hydrogen) atoms. The van der Waals surface area contributed by atoms with Gasteiger partial charge in [0.25, 0.3) is 0 Å². The molecule has 2 atom stereocenters. The first kappa shape index (κ1) is 13.4.